The van der Waals surface area contributed by atoms with Crippen LogP contribution in [0.1, 0.15) is 176 Å². The summed E-state index contributed by atoms with van der Waals surface area (Å²) >= 11 is 0. The van der Waals surface area contributed by atoms with E-state index in [1.807, 2.05) is 6.08 Å². The van der Waals surface area contributed by atoms with E-state index in [-0.39, 0.29) is 16.5 Å². The summed E-state index contributed by atoms with van der Waals surface area (Å²) in [6.07, 6.45) is 33.4. The van der Waals surface area contributed by atoms with E-state index in [1.165, 1.54) is 112 Å². The van der Waals surface area contributed by atoms with E-state index in [9.17, 15) is 0 Å². The summed E-state index contributed by atoms with van der Waals surface area (Å²) in [5, 5.41) is 0.440. The summed E-state index contributed by atoms with van der Waals surface area (Å²) < 4.78 is 4.61. The first-order valence-corrected chi connectivity index (χ1v) is 22.2. The maximum atomic E-state index is 3.60. The Hall–Kier alpha value is -1.17. The van der Waals surface area contributed by atoms with Crippen LogP contribution in [0.2, 0.25) is 0 Å². The number of allylic oxidation sites excluding steroid dienone is 3. The standard InChI is InChI=1S/C18H28N2P.C18H36.C6H12.C3H8.Ni/c1-14-10-15(2)17(16(3)11-14)20-9-8-19(12-20)13-21(7)18(4,5)6;1-5-8-11-12-15-18(14-10-7-3)16-17(4)13-9-6-2;1-3-5-6-4-2;1-3-2;/h8-12H,13H2,1-7H3;12,15,17-18H,5-11,13-14,16H2,1-4H3;3H,1,4-6H2,2H3;3H2,1-2H3;/q+1;;;;/p+1/b;15-12-;;;. The third-order valence-corrected chi connectivity index (χ3v) is 12.3. The van der Waals surface area contributed by atoms with E-state index in [0.29, 0.717) is 5.16 Å². The van der Waals surface area contributed by atoms with E-state index >= 15 is 0 Å². The fraction of sp³-hybridized carbons (Fsp3) is 0.711. The third-order valence-electron chi connectivity index (χ3n) is 8.86. The molecule has 2 rings (SSSR count). The molecule has 0 aliphatic heterocycles. The predicted molar refractivity (Wildman–Crippen MR) is 227 cm³/mol. The van der Waals surface area contributed by atoms with Crippen LogP contribution in [-0.2, 0) is 22.8 Å². The van der Waals surface area contributed by atoms with Gasteiger partial charge in [-0.25, -0.2) is 4.57 Å². The molecule has 3 atom stereocenters. The molecule has 0 aliphatic carbocycles. The molecule has 0 aliphatic rings. The Bertz CT molecular complexity index is 1040. The fourth-order valence-corrected chi connectivity index (χ4v) is 6.83. The van der Waals surface area contributed by atoms with Gasteiger partial charge in [-0.05, 0) is 96.8 Å². The number of unbranched alkanes of at least 4 members (excludes halogenated alkanes) is 6. The van der Waals surface area contributed by atoms with Gasteiger partial charge >= 0.3 is 0 Å². The van der Waals surface area contributed by atoms with Crippen LogP contribution in [0.25, 0.3) is 5.69 Å². The predicted octanol–water partition coefficient (Wildman–Crippen LogP) is 15.6. The number of aromatic nitrogens is 2. The Morgan fingerprint density at radius 2 is 1.33 bits per heavy atom. The normalized spacial score (nSPS) is 12.7. The van der Waals surface area contributed by atoms with Crippen molar-refractivity contribution in [2.45, 2.75) is 191 Å². The number of hydrogen-bond donors (Lipinski definition) is 0. The van der Waals surface area contributed by atoms with Gasteiger partial charge in [0.1, 0.15) is 18.1 Å². The molecule has 0 bridgehead atoms. The Morgan fingerprint density at radius 1 is 0.816 bits per heavy atom. The second-order valence-corrected chi connectivity index (χ2v) is 18.7. The Morgan fingerprint density at radius 3 is 1.80 bits per heavy atom. The van der Waals surface area contributed by atoms with Gasteiger partial charge in [0.05, 0.1) is 5.16 Å². The Balaban J connectivity index is -0.000000687. The number of benzene rings is 1. The minimum atomic E-state index is -0.403. The Kier molecular flexibility index (Phi) is 34.9. The van der Waals surface area contributed by atoms with Gasteiger partial charge in [-0.15, -0.1) is 6.58 Å². The fourth-order valence-electron chi connectivity index (χ4n) is 5.62. The maximum Gasteiger partial charge on any atom is 0.169 e. The number of nitrogens with zero attached hydrogens (tertiary/aromatic N) is 2. The second-order valence-electron chi connectivity index (χ2n) is 15.4. The van der Waals surface area contributed by atoms with Crippen LogP contribution in [0.3, 0.4) is 0 Å². The second kappa shape index (κ2) is 32.7. The monoisotopic (exact) mass is 743 g/mol. The molecule has 0 fully saturated rings. The van der Waals surface area contributed by atoms with E-state index in [0.717, 1.165) is 18.1 Å². The van der Waals surface area contributed by atoms with E-state index in [4.69, 9.17) is 0 Å². The molecule has 4 heteroatoms. The first-order valence-electron chi connectivity index (χ1n) is 20.0. The van der Waals surface area contributed by atoms with Crippen molar-refractivity contribution in [2.24, 2.45) is 11.8 Å². The molecular weight excluding hydrogens is 658 g/mol. The van der Waals surface area contributed by atoms with Crippen molar-refractivity contribution in [1.82, 2.24) is 9.13 Å². The molecule has 0 radical (unpaired) electrons. The average Bonchev–Trinajstić information content (AvgIpc) is 3.47. The molecule has 49 heavy (non-hydrogen) atoms. The van der Waals surface area contributed by atoms with Crippen LogP contribution >= 0.6 is 7.92 Å². The van der Waals surface area contributed by atoms with E-state index in [2.05, 4.69) is 155 Å². The third kappa shape index (κ3) is 27.2. The van der Waals surface area contributed by atoms with Crippen LogP contribution in [-0.4, -0.2) is 21.0 Å². The molecule has 288 valence electrons. The van der Waals surface area contributed by atoms with Crippen LogP contribution < -0.4 is 0 Å². The largest absolute Gasteiger partial charge is 0.216 e. The van der Waals surface area contributed by atoms with Gasteiger partial charge in [0.2, 0.25) is 0 Å². The van der Waals surface area contributed by atoms with Crippen molar-refractivity contribution in [3.05, 3.63) is 72.4 Å². The van der Waals surface area contributed by atoms with Crippen molar-refractivity contribution < 1.29 is 16.5 Å². The molecule has 2 aromatic rings. The summed E-state index contributed by atoms with van der Waals surface area (Å²) in [5.41, 5.74) is 5.33. The summed E-state index contributed by atoms with van der Waals surface area (Å²) in [4.78, 5) is 0. The summed E-state index contributed by atoms with van der Waals surface area (Å²) in [6, 6.07) is 4.52. The number of hydrogen-bond acceptors (Lipinski definition) is 0. The van der Waals surface area contributed by atoms with E-state index < -0.39 is 7.92 Å². The summed E-state index contributed by atoms with van der Waals surface area (Å²) in [7, 11) is -0.403. The Labute approximate surface area is 320 Å². The molecule has 2 nitrogen and oxygen atoms in total. The average molecular weight is 744 g/mol. The number of rotatable bonds is 18. The van der Waals surface area contributed by atoms with Crippen LogP contribution in [0.4, 0.5) is 0 Å². The number of aryl methyl sites for hydroxylation is 3. The van der Waals surface area contributed by atoms with Gasteiger partial charge in [-0.2, -0.15) is 4.57 Å². The molecule has 0 N–H and O–H groups in total. The molecule has 1 aromatic heterocycles. The van der Waals surface area contributed by atoms with Crippen molar-refractivity contribution in [3.63, 3.8) is 0 Å². The topological polar surface area (TPSA) is 9.86 Å². The van der Waals surface area contributed by atoms with Crippen molar-refractivity contribution in [3.8, 4) is 5.69 Å². The zero-order valence-electron chi connectivity index (χ0n) is 35.3. The molecule has 0 spiro atoms. The quantitative estimate of drug-likeness (QED) is 0.0473. The van der Waals surface area contributed by atoms with E-state index in [1.54, 1.807) is 0 Å². The van der Waals surface area contributed by atoms with Gasteiger partial charge in [-0.1, -0.05) is 131 Å². The first-order chi connectivity index (χ1) is 22.7. The van der Waals surface area contributed by atoms with Crippen molar-refractivity contribution in [1.29, 1.82) is 0 Å². The zero-order valence-corrected chi connectivity index (χ0v) is 37.3. The molecule has 0 amide bonds. The van der Waals surface area contributed by atoms with Crippen molar-refractivity contribution >= 4 is 7.92 Å². The molecule has 3 unspecified atom stereocenters. The zero-order chi connectivity index (χ0) is 37.0. The molecule has 0 saturated carbocycles. The SMILES string of the molecule is C=CCCCC.CCC.CCCC/C=C\C(CCCC)CC(C)CCCC.Cc1cc(C)c(-n2ccn(C[PH+](C)C(C)(C)C)[cH+]2)c(C)c1.[Ni]. The summed E-state index contributed by atoms with van der Waals surface area (Å²) in [6.45, 7) is 35.4. The minimum Gasteiger partial charge on any atom is -0.216 e. The van der Waals surface area contributed by atoms with Crippen LogP contribution in [0, 0.1) is 32.6 Å². The van der Waals surface area contributed by atoms with Gasteiger partial charge < -0.3 is 0 Å². The maximum absolute atomic E-state index is 3.60. The molecule has 0 saturated heterocycles. The molecular formula is C45H85N2NiP+2. The van der Waals surface area contributed by atoms with Gasteiger partial charge in [0, 0.05) is 42.2 Å². The van der Waals surface area contributed by atoms with Crippen molar-refractivity contribution in [2.75, 3.05) is 6.66 Å². The smallest absolute Gasteiger partial charge is 0.169 e. The number of imidazole rings is 1. The van der Waals surface area contributed by atoms with Crippen LogP contribution in [0.5, 0.6) is 0 Å². The molecule has 1 heterocycles. The summed E-state index contributed by atoms with van der Waals surface area (Å²) in [5.74, 6) is 1.75. The van der Waals surface area contributed by atoms with Gasteiger partial charge in [0.15, 0.2) is 12.6 Å². The van der Waals surface area contributed by atoms with Gasteiger partial charge in [0.25, 0.3) is 0 Å². The minimum absolute atomic E-state index is 0. The molecule has 1 aromatic carbocycles. The van der Waals surface area contributed by atoms with Crippen LogP contribution in [0.15, 0.2) is 55.7 Å². The first kappa shape index (κ1) is 52.2. The van der Waals surface area contributed by atoms with Gasteiger partial charge in [-0.3, -0.25) is 0 Å².